The lowest BCUT2D eigenvalue weighted by atomic mass is 9.91. The first kappa shape index (κ1) is 16.3. The number of alkyl halides is 3. The number of amides is 1. The molecule has 0 bridgehead atoms. The highest BCUT2D eigenvalue weighted by molar-refractivity contribution is 7.20. The van der Waals surface area contributed by atoms with Crippen LogP contribution in [0.25, 0.3) is 10.2 Å². The molecule has 3 heterocycles. The summed E-state index contributed by atoms with van der Waals surface area (Å²) in [5.41, 5.74) is -1.88. The van der Waals surface area contributed by atoms with E-state index in [1.165, 1.54) is 16.2 Å². The van der Waals surface area contributed by atoms with Crippen LogP contribution < -0.4 is 0 Å². The number of rotatable bonds is 1. The summed E-state index contributed by atoms with van der Waals surface area (Å²) in [6, 6.07) is 1.73. The second kappa shape index (κ2) is 5.20. The van der Waals surface area contributed by atoms with E-state index >= 15 is 0 Å². The van der Waals surface area contributed by atoms with Gasteiger partial charge < -0.3 is 10.0 Å². The molecule has 1 aliphatic rings. The standard InChI is InChI=1S/C14H16F3N3O2S/c1-8-9-7-10(23-12(9)19(2)18-8)11(21)20-5-3-13(22,4-6-20)14(15,16)17/h7,22H,3-6H2,1-2H3. The minimum Gasteiger partial charge on any atom is -0.380 e. The van der Waals surface area contributed by atoms with Crippen molar-refractivity contribution >= 4 is 27.5 Å². The number of aromatic nitrogens is 2. The molecule has 0 aromatic carbocycles. The van der Waals surface area contributed by atoms with Crippen LogP contribution in [0, 0.1) is 6.92 Å². The first-order chi connectivity index (χ1) is 10.6. The van der Waals surface area contributed by atoms with E-state index in [1.807, 2.05) is 6.92 Å². The van der Waals surface area contributed by atoms with Crippen LogP contribution in [0.4, 0.5) is 13.2 Å². The number of nitrogens with zero attached hydrogens (tertiary/aromatic N) is 3. The summed E-state index contributed by atoms with van der Waals surface area (Å²) in [5.74, 6) is -0.296. The highest BCUT2D eigenvalue weighted by Crippen LogP contribution is 2.39. The number of hydrogen-bond donors (Lipinski definition) is 1. The van der Waals surface area contributed by atoms with Crippen LogP contribution in [0.3, 0.4) is 0 Å². The van der Waals surface area contributed by atoms with Crippen molar-refractivity contribution in [2.45, 2.75) is 31.5 Å². The Kier molecular flexibility index (Phi) is 3.68. The van der Waals surface area contributed by atoms with Crippen LogP contribution >= 0.6 is 11.3 Å². The molecule has 2 aromatic heterocycles. The molecule has 0 radical (unpaired) electrons. The Morgan fingerprint density at radius 1 is 1.39 bits per heavy atom. The van der Waals surface area contributed by atoms with Gasteiger partial charge in [0.05, 0.1) is 10.6 Å². The van der Waals surface area contributed by atoms with E-state index in [1.54, 1.807) is 17.8 Å². The van der Waals surface area contributed by atoms with Gasteiger partial charge in [0.15, 0.2) is 5.60 Å². The number of halogens is 3. The van der Waals surface area contributed by atoms with Crippen molar-refractivity contribution in [3.63, 3.8) is 0 Å². The third-order valence-corrected chi connectivity index (χ3v) is 5.50. The maximum absolute atomic E-state index is 12.8. The summed E-state index contributed by atoms with van der Waals surface area (Å²) in [6.07, 6.45) is -5.65. The first-order valence-corrected chi connectivity index (χ1v) is 7.95. The summed E-state index contributed by atoms with van der Waals surface area (Å²) >= 11 is 1.28. The van der Waals surface area contributed by atoms with Gasteiger partial charge in [0, 0.05) is 38.4 Å². The molecule has 1 fully saturated rings. The molecule has 0 aliphatic carbocycles. The molecule has 9 heteroatoms. The Hall–Kier alpha value is -1.61. The van der Waals surface area contributed by atoms with E-state index in [4.69, 9.17) is 0 Å². The van der Waals surface area contributed by atoms with Crippen molar-refractivity contribution in [1.82, 2.24) is 14.7 Å². The fourth-order valence-corrected chi connectivity index (χ4v) is 3.92. The van der Waals surface area contributed by atoms with Gasteiger partial charge in [-0.3, -0.25) is 9.48 Å². The number of likely N-dealkylation sites (tertiary alicyclic amines) is 1. The Labute approximate surface area is 134 Å². The molecule has 3 rings (SSSR count). The van der Waals surface area contributed by atoms with Gasteiger partial charge >= 0.3 is 6.18 Å². The quantitative estimate of drug-likeness (QED) is 0.862. The fraction of sp³-hybridized carbons (Fsp3) is 0.571. The minimum absolute atomic E-state index is 0.111. The van der Waals surface area contributed by atoms with Gasteiger partial charge in [0.1, 0.15) is 4.83 Å². The van der Waals surface area contributed by atoms with Crippen LogP contribution in [-0.4, -0.2) is 50.6 Å². The lowest BCUT2D eigenvalue weighted by Crippen LogP contribution is -2.54. The fourth-order valence-electron chi connectivity index (χ4n) is 2.83. The van der Waals surface area contributed by atoms with Gasteiger partial charge in [0.2, 0.25) is 0 Å². The van der Waals surface area contributed by atoms with Gasteiger partial charge in [-0.25, -0.2) is 0 Å². The smallest absolute Gasteiger partial charge is 0.380 e. The van der Waals surface area contributed by atoms with E-state index in [0.29, 0.717) is 4.88 Å². The third kappa shape index (κ3) is 2.61. The number of aryl methyl sites for hydroxylation is 2. The molecule has 1 amide bonds. The number of hydrogen-bond acceptors (Lipinski definition) is 4. The van der Waals surface area contributed by atoms with E-state index in [2.05, 4.69) is 5.10 Å². The zero-order valence-corrected chi connectivity index (χ0v) is 13.5. The zero-order chi connectivity index (χ0) is 17.0. The number of carbonyl (C=O) groups is 1. The molecule has 1 N–H and O–H groups in total. The van der Waals surface area contributed by atoms with Crippen molar-refractivity contribution in [2.75, 3.05) is 13.1 Å². The largest absolute Gasteiger partial charge is 0.417 e. The lowest BCUT2D eigenvalue weighted by Gasteiger charge is -2.38. The molecule has 0 saturated carbocycles. The SMILES string of the molecule is Cc1nn(C)c2sc(C(=O)N3CCC(O)(C(F)(F)F)CC3)cc12. The molecule has 5 nitrogen and oxygen atoms in total. The summed E-state index contributed by atoms with van der Waals surface area (Å²) < 4.78 is 40.1. The topological polar surface area (TPSA) is 58.4 Å². The van der Waals surface area contributed by atoms with Gasteiger partial charge in [0.25, 0.3) is 5.91 Å². The normalized spacial score (nSPS) is 18.6. The van der Waals surface area contributed by atoms with Crippen LogP contribution in [-0.2, 0) is 7.05 Å². The van der Waals surface area contributed by atoms with Crippen LogP contribution in [0.2, 0.25) is 0 Å². The van der Waals surface area contributed by atoms with E-state index in [-0.39, 0.29) is 19.0 Å². The predicted molar refractivity (Wildman–Crippen MR) is 79.5 cm³/mol. The maximum Gasteiger partial charge on any atom is 0.417 e. The molecule has 2 aromatic rings. The third-order valence-electron chi connectivity index (χ3n) is 4.31. The van der Waals surface area contributed by atoms with E-state index < -0.39 is 24.6 Å². The number of piperidine rings is 1. The van der Waals surface area contributed by atoms with Crippen molar-refractivity contribution in [3.8, 4) is 0 Å². The van der Waals surface area contributed by atoms with Crippen LogP contribution in [0.5, 0.6) is 0 Å². The Bertz CT molecular complexity index is 723. The average molecular weight is 347 g/mol. The summed E-state index contributed by atoms with van der Waals surface area (Å²) in [6.45, 7) is 1.62. The van der Waals surface area contributed by atoms with Crippen molar-refractivity contribution in [2.24, 2.45) is 7.05 Å². The molecule has 0 unspecified atom stereocenters. The second-order valence-electron chi connectivity index (χ2n) is 5.86. The van der Waals surface area contributed by atoms with Crippen LogP contribution in [0.15, 0.2) is 6.07 Å². The maximum atomic E-state index is 12.8. The Morgan fingerprint density at radius 3 is 2.52 bits per heavy atom. The summed E-state index contributed by atoms with van der Waals surface area (Å²) in [5, 5.41) is 14.8. The highest BCUT2D eigenvalue weighted by atomic mass is 32.1. The molecule has 0 spiro atoms. The first-order valence-electron chi connectivity index (χ1n) is 7.14. The average Bonchev–Trinajstić information content (AvgIpc) is 3.00. The van der Waals surface area contributed by atoms with Crippen LogP contribution in [0.1, 0.15) is 28.2 Å². The monoisotopic (exact) mass is 347 g/mol. The molecule has 1 aliphatic heterocycles. The number of aliphatic hydroxyl groups is 1. The Morgan fingerprint density at radius 2 is 2.00 bits per heavy atom. The molecule has 23 heavy (non-hydrogen) atoms. The van der Waals surface area contributed by atoms with E-state index in [9.17, 15) is 23.1 Å². The van der Waals surface area contributed by atoms with E-state index in [0.717, 1.165) is 15.9 Å². The summed E-state index contributed by atoms with van der Waals surface area (Å²) in [7, 11) is 1.78. The van der Waals surface area contributed by atoms with Gasteiger partial charge in [-0.15, -0.1) is 11.3 Å². The predicted octanol–water partition coefficient (Wildman–Crippen LogP) is 2.47. The number of thiophene rings is 1. The lowest BCUT2D eigenvalue weighted by molar-refractivity contribution is -0.271. The van der Waals surface area contributed by atoms with Gasteiger partial charge in [-0.1, -0.05) is 0 Å². The zero-order valence-electron chi connectivity index (χ0n) is 12.6. The van der Waals surface area contributed by atoms with Gasteiger partial charge in [-0.05, 0) is 13.0 Å². The molecule has 126 valence electrons. The van der Waals surface area contributed by atoms with Gasteiger partial charge in [-0.2, -0.15) is 18.3 Å². The molecule has 0 atom stereocenters. The summed E-state index contributed by atoms with van der Waals surface area (Å²) in [4.78, 5) is 15.2. The highest BCUT2D eigenvalue weighted by Gasteiger charge is 2.54. The molecule has 1 saturated heterocycles. The molecular formula is C14H16F3N3O2S. The number of carbonyl (C=O) groups excluding carboxylic acids is 1. The minimum atomic E-state index is -4.66. The second-order valence-corrected chi connectivity index (χ2v) is 6.89. The van der Waals surface area contributed by atoms with Crippen molar-refractivity contribution in [3.05, 3.63) is 16.6 Å². The number of fused-ring (bicyclic) bond motifs is 1. The van der Waals surface area contributed by atoms with Crippen molar-refractivity contribution in [1.29, 1.82) is 0 Å². The molecular weight excluding hydrogens is 331 g/mol. The Balaban J connectivity index is 1.78. The van der Waals surface area contributed by atoms with Crippen molar-refractivity contribution < 1.29 is 23.1 Å².